The van der Waals surface area contributed by atoms with E-state index < -0.39 is 5.91 Å². The lowest BCUT2D eigenvalue weighted by atomic mass is 10.1. The van der Waals surface area contributed by atoms with Gasteiger partial charge in [-0.3, -0.25) is 19.0 Å². The highest BCUT2D eigenvalue weighted by Crippen LogP contribution is 2.15. The second kappa shape index (κ2) is 9.15. The summed E-state index contributed by atoms with van der Waals surface area (Å²) in [5, 5.41) is 3.07. The van der Waals surface area contributed by atoms with E-state index in [1.54, 1.807) is 28.8 Å². The Bertz CT molecular complexity index is 1460. The second-order valence-electron chi connectivity index (χ2n) is 7.55. The number of rotatable bonds is 6. The predicted octanol–water partition coefficient (Wildman–Crippen LogP) is 2.52. The number of aromatic nitrogens is 4. The zero-order valence-corrected chi connectivity index (χ0v) is 18.2. The lowest BCUT2D eigenvalue weighted by Crippen LogP contribution is -2.34. The molecule has 1 amide bonds. The Hall–Kier alpha value is -4.14. The third-order valence-electron chi connectivity index (χ3n) is 5.30. The summed E-state index contributed by atoms with van der Waals surface area (Å²) in [5.41, 5.74) is 1.71. The van der Waals surface area contributed by atoms with Crippen LogP contribution >= 0.6 is 0 Å². The van der Waals surface area contributed by atoms with Crippen LogP contribution in [0.5, 0.6) is 0 Å². The van der Waals surface area contributed by atoms with E-state index in [1.807, 2.05) is 13.8 Å². The summed E-state index contributed by atoms with van der Waals surface area (Å²) in [4.78, 5) is 46.6. The van der Waals surface area contributed by atoms with Gasteiger partial charge in [0.1, 0.15) is 17.0 Å². The van der Waals surface area contributed by atoms with Gasteiger partial charge in [-0.05, 0) is 50.2 Å². The van der Waals surface area contributed by atoms with Crippen molar-refractivity contribution < 1.29 is 9.18 Å². The van der Waals surface area contributed by atoms with Crippen LogP contribution in [0, 0.1) is 12.7 Å². The van der Waals surface area contributed by atoms with Crippen LogP contribution in [0.1, 0.15) is 23.0 Å². The average molecular weight is 447 g/mol. The minimum absolute atomic E-state index is 0.0205. The predicted molar refractivity (Wildman–Crippen MR) is 123 cm³/mol. The van der Waals surface area contributed by atoms with E-state index in [4.69, 9.17) is 0 Å². The number of nitrogens with one attached hydrogen (secondary N) is 1. The van der Waals surface area contributed by atoms with Gasteiger partial charge in [-0.15, -0.1) is 0 Å². The smallest absolute Gasteiger partial charge is 0.256 e. The van der Waals surface area contributed by atoms with E-state index >= 15 is 0 Å². The normalized spacial score (nSPS) is 11.0. The monoisotopic (exact) mass is 447 g/mol. The fourth-order valence-corrected chi connectivity index (χ4v) is 3.52. The van der Waals surface area contributed by atoms with E-state index in [-0.39, 0.29) is 35.5 Å². The summed E-state index contributed by atoms with van der Waals surface area (Å²) >= 11 is 0. The highest BCUT2D eigenvalue weighted by Gasteiger charge is 2.16. The van der Waals surface area contributed by atoms with Crippen molar-refractivity contribution in [2.45, 2.75) is 26.9 Å². The number of hydrogen-bond acceptors (Lipinski definition) is 5. The molecule has 3 aromatic heterocycles. The zero-order chi connectivity index (χ0) is 23.5. The Morgan fingerprint density at radius 3 is 2.55 bits per heavy atom. The summed E-state index contributed by atoms with van der Waals surface area (Å²) in [6, 6.07) is 10.5. The molecule has 0 bridgehead atoms. The molecule has 0 saturated heterocycles. The van der Waals surface area contributed by atoms with E-state index in [0.717, 1.165) is 5.69 Å². The molecular weight excluding hydrogens is 425 g/mol. The quantitative estimate of drug-likeness (QED) is 0.490. The SMILES string of the molecule is CCn1cc(C(=O)NCCn2cnc(-c3ccc(F)cc3)cc2=O)c(=O)c2ccc(C)nc21. The van der Waals surface area contributed by atoms with E-state index in [0.29, 0.717) is 28.8 Å². The van der Waals surface area contributed by atoms with Gasteiger partial charge < -0.3 is 9.88 Å². The topological polar surface area (TPSA) is 98.9 Å². The van der Waals surface area contributed by atoms with Crippen LogP contribution in [0.25, 0.3) is 22.3 Å². The van der Waals surface area contributed by atoms with Gasteiger partial charge in [0.25, 0.3) is 11.5 Å². The molecular formula is C24H22FN5O3. The number of carbonyl (C=O) groups is 1. The van der Waals surface area contributed by atoms with Gasteiger partial charge >= 0.3 is 0 Å². The molecule has 4 aromatic rings. The minimum Gasteiger partial charge on any atom is -0.350 e. The Morgan fingerprint density at radius 2 is 1.85 bits per heavy atom. The molecule has 8 nitrogen and oxygen atoms in total. The molecule has 0 radical (unpaired) electrons. The second-order valence-corrected chi connectivity index (χ2v) is 7.55. The van der Waals surface area contributed by atoms with Gasteiger partial charge in [0.05, 0.1) is 17.4 Å². The number of halogens is 1. The van der Waals surface area contributed by atoms with Crippen LogP contribution in [-0.2, 0) is 13.1 Å². The highest BCUT2D eigenvalue weighted by molar-refractivity contribution is 5.96. The largest absolute Gasteiger partial charge is 0.350 e. The van der Waals surface area contributed by atoms with Gasteiger partial charge in [0.15, 0.2) is 0 Å². The van der Waals surface area contributed by atoms with Crippen LogP contribution in [0.2, 0.25) is 0 Å². The minimum atomic E-state index is -0.520. The van der Waals surface area contributed by atoms with Gasteiger partial charge in [-0.1, -0.05) is 0 Å². The van der Waals surface area contributed by atoms with Crippen LogP contribution < -0.4 is 16.3 Å². The molecule has 0 aliphatic rings. The Labute approximate surface area is 188 Å². The highest BCUT2D eigenvalue weighted by atomic mass is 19.1. The van der Waals surface area contributed by atoms with Crippen molar-refractivity contribution in [3.63, 3.8) is 0 Å². The molecule has 0 spiro atoms. The van der Waals surface area contributed by atoms with Crippen LogP contribution in [0.3, 0.4) is 0 Å². The number of amides is 1. The first kappa shape index (κ1) is 22.1. The first-order valence-corrected chi connectivity index (χ1v) is 10.5. The number of carbonyl (C=O) groups excluding carboxylic acids is 1. The lowest BCUT2D eigenvalue weighted by Gasteiger charge is -2.12. The Kier molecular flexibility index (Phi) is 6.12. The molecule has 33 heavy (non-hydrogen) atoms. The molecule has 3 heterocycles. The number of fused-ring (bicyclic) bond motifs is 1. The van der Waals surface area contributed by atoms with E-state index in [9.17, 15) is 18.8 Å². The van der Waals surface area contributed by atoms with Gasteiger partial charge in [-0.25, -0.2) is 14.4 Å². The van der Waals surface area contributed by atoms with Crippen molar-refractivity contribution in [2.75, 3.05) is 6.54 Å². The third kappa shape index (κ3) is 4.57. The molecule has 0 saturated carbocycles. The molecule has 1 aromatic carbocycles. The molecule has 0 aliphatic heterocycles. The fourth-order valence-electron chi connectivity index (χ4n) is 3.52. The van der Waals surface area contributed by atoms with Crippen molar-refractivity contribution in [1.29, 1.82) is 0 Å². The van der Waals surface area contributed by atoms with Crippen LogP contribution in [-0.4, -0.2) is 31.6 Å². The summed E-state index contributed by atoms with van der Waals surface area (Å²) < 4.78 is 16.2. The standard InChI is InChI=1S/C24H22FN5O3/c1-3-29-13-19(22(32)18-9-4-15(2)28-23(18)29)24(33)26-10-11-30-14-27-20(12-21(30)31)16-5-7-17(25)8-6-16/h4-9,12-14H,3,10-11H2,1-2H3,(H,26,33). The van der Waals surface area contributed by atoms with Crippen LogP contribution in [0.4, 0.5) is 4.39 Å². The number of pyridine rings is 2. The Balaban J connectivity index is 1.48. The molecule has 0 unspecified atom stereocenters. The lowest BCUT2D eigenvalue weighted by molar-refractivity contribution is 0.0950. The van der Waals surface area contributed by atoms with Crippen molar-refractivity contribution in [3.05, 3.63) is 92.6 Å². The maximum absolute atomic E-state index is 13.1. The molecule has 0 aliphatic carbocycles. The van der Waals surface area contributed by atoms with Gasteiger partial charge in [0, 0.05) is 43.2 Å². The Morgan fingerprint density at radius 1 is 1.09 bits per heavy atom. The van der Waals surface area contributed by atoms with Crippen molar-refractivity contribution >= 4 is 16.9 Å². The number of hydrogen-bond donors (Lipinski definition) is 1. The molecule has 0 fully saturated rings. The first-order chi connectivity index (χ1) is 15.9. The van der Waals surface area contributed by atoms with Crippen molar-refractivity contribution in [2.24, 2.45) is 0 Å². The van der Waals surface area contributed by atoms with Crippen molar-refractivity contribution in [3.8, 4) is 11.3 Å². The summed E-state index contributed by atoms with van der Waals surface area (Å²) in [6.45, 7) is 4.61. The summed E-state index contributed by atoms with van der Waals surface area (Å²) in [6.07, 6.45) is 2.89. The molecule has 0 atom stereocenters. The summed E-state index contributed by atoms with van der Waals surface area (Å²) in [5.74, 6) is -0.889. The van der Waals surface area contributed by atoms with Gasteiger partial charge in [0.2, 0.25) is 5.43 Å². The first-order valence-electron chi connectivity index (χ1n) is 10.5. The summed E-state index contributed by atoms with van der Waals surface area (Å²) in [7, 11) is 0. The van der Waals surface area contributed by atoms with Crippen LogP contribution in [0.15, 0.2) is 64.6 Å². The molecule has 1 N–H and O–H groups in total. The zero-order valence-electron chi connectivity index (χ0n) is 18.2. The molecule has 4 rings (SSSR count). The number of nitrogens with zero attached hydrogens (tertiary/aromatic N) is 4. The van der Waals surface area contributed by atoms with E-state index in [1.165, 1.54) is 35.3 Å². The maximum atomic E-state index is 13.1. The maximum Gasteiger partial charge on any atom is 0.256 e. The third-order valence-corrected chi connectivity index (χ3v) is 5.30. The molecule has 168 valence electrons. The van der Waals surface area contributed by atoms with Crippen molar-refractivity contribution in [1.82, 2.24) is 24.4 Å². The van der Waals surface area contributed by atoms with E-state index in [2.05, 4.69) is 15.3 Å². The fraction of sp³-hybridized carbons (Fsp3) is 0.208. The average Bonchev–Trinajstić information content (AvgIpc) is 2.80. The molecule has 9 heteroatoms. The van der Waals surface area contributed by atoms with Gasteiger partial charge in [-0.2, -0.15) is 0 Å². The number of aryl methyl sites for hydroxylation is 2. The number of benzene rings is 1.